The van der Waals surface area contributed by atoms with Crippen LogP contribution in [0.5, 0.6) is 0 Å². The predicted octanol–water partition coefficient (Wildman–Crippen LogP) is -1.35. The Hall–Kier alpha value is -0.860. The fraction of sp³-hybridized carbons (Fsp3) is 0.500. The molecule has 0 N–H and O–H groups in total. The Bertz CT molecular complexity index is 53.1. The Labute approximate surface area is 34.3 Å². The molecule has 0 amide bonds. The number of carboxylic acid groups (broad SMARTS) is 1. The van der Waals surface area contributed by atoms with E-state index in [0.29, 0.717) is 0 Å². The first kappa shape index (κ1) is 8.94. The van der Waals surface area contributed by atoms with Gasteiger partial charge in [0.15, 0.2) is 0 Å². The van der Waals surface area contributed by atoms with E-state index < -0.39 is 5.97 Å². The zero-order valence-corrected chi connectivity index (χ0v) is 3.17. The minimum atomic E-state index is -1.08. The molecule has 6 heavy (non-hydrogen) atoms. The Morgan fingerprint density at radius 3 is 1.83 bits per heavy atom. The minimum absolute atomic E-state index is 0.972. The van der Waals surface area contributed by atoms with Crippen LogP contribution in [0.3, 0.4) is 0 Å². The van der Waals surface area contributed by atoms with Crippen molar-refractivity contribution in [3.63, 3.8) is 0 Å². The predicted molar refractivity (Wildman–Crippen MR) is 13.1 cm³/mol. The molecule has 0 aliphatic heterocycles. The average Bonchev–Trinajstić information content (AvgIpc) is 1.41. The second kappa shape index (κ2) is 8.91. The van der Waals surface area contributed by atoms with Gasteiger partial charge in [0.1, 0.15) is 0 Å². The molecule has 0 atom stereocenters. The molecule has 0 aromatic heterocycles. The zero-order chi connectivity index (χ0) is 5.58. The van der Waals surface area contributed by atoms with Gasteiger partial charge >= 0.3 is 10.2 Å². The van der Waals surface area contributed by atoms with E-state index in [1.165, 1.54) is 0 Å². The van der Waals surface area contributed by atoms with Gasteiger partial charge < -0.3 is 9.90 Å². The summed E-state index contributed by atoms with van der Waals surface area (Å²) in [7, 11) is 0. The Balaban J connectivity index is 0. The summed E-state index contributed by atoms with van der Waals surface area (Å²) >= 11 is 0. The van der Waals surface area contributed by atoms with E-state index in [9.17, 15) is 0 Å². The molecule has 0 aromatic rings. The molecule has 0 rings (SSSR count). The van der Waals surface area contributed by atoms with Gasteiger partial charge in [0.2, 0.25) is 0 Å². The fourth-order valence-electron chi connectivity index (χ4n) is 0. The Morgan fingerprint density at radius 2 is 1.83 bits per heavy atom. The van der Waals surface area contributed by atoms with Gasteiger partial charge in [0, 0.05) is 5.97 Å². The number of nitrogens with zero attached hydrogens (tertiary/aromatic N) is 1. The van der Waals surface area contributed by atoms with Crippen LogP contribution >= 0.6 is 0 Å². The zero-order valence-electron chi connectivity index (χ0n) is 3.17. The summed E-state index contributed by atoms with van der Waals surface area (Å²) in [5.74, 6) is -1.08. The van der Waals surface area contributed by atoms with E-state index in [2.05, 4.69) is 0 Å². The van der Waals surface area contributed by atoms with Crippen molar-refractivity contribution in [1.82, 2.24) is 0 Å². The maximum absolute atomic E-state index is 8.89. The molecule has 0 aliphatic carbocycles. The van der Waals surface area contributed by atoms with E-state index in [0.717, 1.165) is 6.92 Å². The van der Waals surface area contributed by atoms with Gasteiger partial charge in [-0.15, -0.1) is 0 Å². The van der Waals surface area contributed by atoms with Crippen LogP contribution in [0.4, 0.5) is 0 Å². The molecule has 0 bridgehead atoms. The summed E-state index contributed by atoms with van der Waals surface area (Å²) in [6, 6.07) is 0. The van der Waals surface area contributed by atoms with E-state index in [4.69, 9.17) is 20.1 Å². The van der Waals surface area contributed by atoms with Crippen LogP contribution in [0.2, 0.25) is 0 Å². The van der Waals surface area contributed by atoms with Gasteiger partial charge in [0.05, 0.1) is 0 Å². The van der Waals surface area contributed by atoms with Gasteiger partial charge in [-0.25, -0.2) is 0 Å². The summed E-state index contributed by atoms with van der Waals surface area (Å²) in [5, 5.41) is 8.89. The molecule has 4 nitrogen and oxygen atoms in total. The van der Waals surface area contributed by atoms with Crippen molar-refractivity contribution < 1.29 is 14.7 Å². The monoisotopic (exact) mass is 89.0 g/mol. The number of carbonyl (C=O) groups excluding carboxylic acids is 1. The molecular weight excluding hydrogens is 86.0 g/mol. The second-order valence-electron chi connectivity index (χ2n) is 0.492. The van der Waals surface area contributed by atoms with Crippen LogP contribution in [0.25, 0.3) is 0 Å². The Kier molecular flexibility index (Phi) is 13.3. The van der Waals surface area contributed by atoms with E-state index >= 15 is 0 Å². The molecule has 0 unspecified atom stereocenters. The first-order chi connectivity index (χ1) is 2.73. The molecule has 4 heteroatoms. The number of rotatable bonds is 0. The number of hydrogen-bond acceptors (Lipinski definition) is 3. The van der Waals surface area contributed by atoms with Crippen LogP contribution in [-0.2, 0) is 9.57 Å². The van der Waals surface area contributed by atoms with Crippen molar-refractivity contribution in [2.45, 2.75) is 6.92 Å². The average molecular weight is 89.0 g/mol. The van der Waals surface area contributed by atoms with Crippen molar-refractivity contribution in [2.75, 3.05) is 0 Å². The standard InChI is InChI=1S/C2H4O2.NO/c1-2(3)4;1-2/h1H3,(H,3,4);/q;+1/p-1. The molecular formula is C2H3NO3. The molecule has 0 aliphatic rings. The number of carboxylic acids is 1. The van der Waals surface area contributed by atoms with Crippen molar-refractivity contribution >= 4 is 5.97 Å². The second-order valence-corrected chi connectivity index (χ2v) is 0.492. The van der Waals surface area contributed by atoms with Gasteiger partial charge in [-0.2, -0.15) is 0 Å². The van der Waals surface area contributed by atoms with Crippen LogP contribution < -0.4 is 5.11 Å². The van der Waals surface area contributed by atoms with Gasteiger partial charge in [-0.1, -0.05) is 0 Å². The Morgan fingerprint density at radius 1 is 1.83 bits per heavy atom. The molecule has 0 heterocycles. The van der Waals surface area contributed by atoms with E-state index in [-0.39, 0.29) is 0 Å². The van der Waals surface area contributed by atoms with Crippen molar-refractivity contribution in [2.24, 2.45) is 0 Å². The van der Waals surface area contributed by atoms with E-state index in [1.54, 1.807) is 0 Å². The summed E-state index contributed by atoms with van der Waals surface area (Å²) in [5.41, 5.74) is 5.75. The molecule has 34 valence electrons. The fourth-order valence-corrected chi connectivity index (χ4v) is 0. The number of aliphatic carboxylic acids is 1. The molecule has 0 spiro atoms. The summed E-state index contributed by atoms with van der Waals surface area (Å²) in [6.07, 6.45) is 0. The van der Waals surface area contributed by atoms with E-state index in [1.807, 2.05) is 0 Å². The van der Waals surface area contributed by atoms with Crippen molar-refractivity contribution in [3.05, 3.63) is 0 Å². The first-order valence-corrected chi connectivity index (χ1v) is 1.09. The number of hydrogen-bond donors (Lipinski definition) is 0. The third-order valence-electron chi connectivity index (χ3n) is 0. The van der Waals surface area contributed by atoms with Crippen molar-refractivity contribution in [3.8, 4) is 0 Å². The third-order valence-corrected chi connectivity index (χ3v) is 0. The number of carbonyl (C=O) groups is 1. The molecule has 0 aromatic carbocycles. The van der Waals surface area contributed by atoms with Gasteiger partial charge in [-0.3, -0.25) is 0 Å². The summed E-state index contributed by atoms with van der Waals surface area (Å²) < 4.78 is 7.25. The quantitative estimate of drug-likeness (QED) is 0.344. The molecule has 0 fully saturated rings. The first-order valence-electron chi connectivity index (χ1n) is 1.09. The van der Waals surface area contributed by atoms with Crippen LogP contribution in [-0.4, -0.2) is 5.97 Å². The normalized spacial score (nSPS) is 4.50. The van der Waals surface area contributed by atoms with Crippen LogP contribution in [0, 0.1) is 5.46 Å². The van der Waals surface area contributed by atoms with Gasteiger partial charge in [0.25, 0.3) is 0 Å². The summed E-state index contributed by atoms with van der Waals surface area (Å²) in [6.45, 7) is 0.972. The topological polar surface area (TPSA) is 83.8 Å². The molecule has 0 saturated carbocycles. The van der Waals surface area contributed by atoms with Crippen LogP contribution in [0.15, 0.2) is 0 Å². The molecule has 0 saturated heterocycles. The van der Waals surface area contributed by atoms with Crippen molar-refractivity contribution in [1.29, 1.82) is 5.46 Å². The summed E-state index contributed by atoms with van der Waals surface area (Å²) in [4.78, 5) is 8.89. The maximum atomic E-state index is 8.89. The van der Waals surface area contributed by atoms with Gasteiger partial charge in [-0.05, 0) is 6.92 Å². The molecule has 0 radical (unpaired) electrons. The third kappa shape index (κ3) is 19.4. The van der Waals surface area contributed by atoms with Crippen LogP contribution in [0.1, 0.15) is 6.92 Å². The SMILES string of the molecule is CC(=O)[O-].N#[O+].